The molecular weight excluding hydrogens is 222 g/mol. The molecular formula is C12H17NO4. The zero-order chi connectivity index (χ0) is 12.3. The third-order valence-electron chi connectivity index (χ3n) is 3.27. The van der Waals surface area contributed by atoms with Crippen molar-refractivity contribution in [3.05, 3.63) is 12.7 Å². The molecule has 2 aliphatic heterocycles. The van der Waals surface area contributed by atoms with E-state index in [1.807, 2.05) is 0 Å². The Morgan fingerprint density at radius 1 is 1.65 bits per heavy atom. The van der Waals surface area contributed by atoms with E-state index in [0.717, 1.165) is 19.4 Å². The highest BCUT2D eigenvalue weighted by Gasteiger charge is 2.47. The Morgan fingerprint density at radius 3 is 3.12 bits per heavy atom. The Balaban J connectivity index is 1.98. The summed E-state index contributed by atoms with van der Waals surface area (Å²) in [5.74, 6) is -0.162. The number of rotatable bonds is 2. The monoisotopic (exact) mass is 239 g/mol. The molecule has 0 saturated carbocycles. The predicted molar refractivity (Wildman–Crippen MR) is 60.4 cm³/mol. The molecule has 0 N–H and O–H groups in total. The maximum absolute atomic E-state index is 11.8. The summed E-state index contributed by atoms with van der Waals surface area (Å²) < 4.78 is 10.3. The third kappa shape index (κ3) is 2.49. The van der Waals surface area contributed by atoms with Crippen LogP contribution in [0.5, 0.6) is 0 Å². The van der Waals surface area contributed by atoms with Crippen LogP contribution in [-0.2, 0) is 14.3 Å². The first-order valence-corrected chi connectivity index (χ1v) is 5.83. The molecule has 5 nitrogen and oxygen atoms in total. The van der Waals surface area contributed by atoms with Crippen molar-refractivity contribution in [2.24, 2.45) is 5.41 Å². The molecule has 0 radical (unpaired) electrons. The standard InChI is InChI=1S/C12H17NO4/c1-2-5-17-11(15)13-8-12(7-10(13)14)4-3-6-16-9-12/h2H,1,3-9H2. The highest BCUT2D eigenvalue weighted by Crippen LogP contribution is 2.38. The van der Waals surface area contributed by atoms with Gasteiger partial charge in [-0.1, -0.05) is 12.7 Å². The van der Waals surface area contributed by atoms with Gasteiger partial charge in [0.1, 0.15) is 6.61 Å². The van der Waals surface area contributed by atoms with E-state index in [0.29, 0.717) is 19.6 Å². The number of carbonyl (C=O) groups is 2. The molecule has 2 fully saturated rings. The largest absolute Gasteiger partial charge is 0.445 e. The van der Waals surface area contributed by atoms with Gasteiger partial charge in [0.2, 0.25) is 5.91 Å². The maximum atomic E-state index is 11.8. The molecule has 1 atom stereocenters. The van der Waals surface area contributed by atoms with Gasteiger partial charge < -0.3 is 9.47 Å². The van der Waals surface area contributed by atoms with E-state index in [1.54, 1.807) is 0 Å². The van der Waals surface area contributed by atoms with Gasteiger partial charge in [-0.15, -0.1) is 0 Å². The van der Waals surface area contributed by atoms with Gasteiger partial charge in [0.15, 0.2) is 0 Å². The fourth-order valence-electron chi connectivity index (χ4n) is 2.44. The summed E-state index contributed by atoms with van der Waals surface area (Å²) >= 11 is 0. The van der Waals surface area contributed by atoms with E-state index in [1.165, 1.54) is 11.0 Å². The summed E-state index contributed by atoms with van der Waals surface area (Å²) in [6.45, 7) is 5.32. The number of hydrogen-bond acceptors (Lipinski definition) is 4. The predicted octanol–water partition coefficient (Wildman–Crippen LogP) is 1.34. The molecule has 0 aromatic heterocycles. The van der Waals surface area contributed by atoms with E-state index in [9.17, 15) is 9.59 Å². The first-order valence-electron chi connectivity index (χ1n) is 5.83. The Hall–Kier alpha value is -1.36. The van der Waals surface area contributed by atoms with Crippen LogP contribution in [-0.4, -0.2) is 43.3 Å². The lowest BCUT2D eigenvalue weighted by Crippen LogP contribution is -2.38. The summed E-state index contributed by atoms with van der Waals surface area (Å²) in [4.78, 5) is 24.6. The van der Waals surface area contributed by atoms with E-state index in [4.69, 9.17) is 9.47 Å². The molecule has 2 saturated heterocycles. The Morgan fingerprint density at radius 2 is 2.47 bits per heavy atom. The average molecular weight is 239 g/mol. The highest BCUT2D eigenvalue weighted by molar-refractivity contribution is 5.94. The van der Waals surface area contributed by atoms with Crippen molar-refractivity contribution in [2.75, 3.05) is 26.4 Å². The quantitative estimate of drug-likeness (QED) is 0.682. The molecule has 0 aromatic carbocycles. The van der Waals surface area contributed by atoms with E-state index in [-0.39, 0.29) is 17.9 Å². The lowest BCUT2D eigenvalue weighted by Gasteiger charge is -2.31. The number of ether oxygens (including phenoxy) is 2. The average Bonchev–Trinajstić information content (AvgIpc) is 2.64. The van der Waals surface area contributed by atoms with Crippen molar-refractivity contribution in [2.45, 2.75) is 19.3 Å². The van der Waals surface area contributed by atoms with Gasteiger partial charge in [0.25, 0.3) is 0 Å². The van der Waals surface area contributed by atoms with Crippen molar-refractivity contribution in [1.29, 1.82) is 0 Å². The molecule has 0 bridgehead atoms. The lowest BCUT2D eigenvalue weighted by molar-refractivity contribution is -0.126. The number of likely N-dealkylation sites (tertiary alicyclic amines) is 1. The van der Waals surface area contributed by atoms with Crippen molar-refractivity contribution in [1.82, 2.24) is 4.90 Å². The minimum absolute atomic E-state index is 0.131. The second-order valence-corrected chi connectivity index (χ2v) is 4.68. The van der Waals surface area contributed by atoms with Gasteiger partial charge in [-0.3, -0.25) is 4.79 Å². The van der Waals surface area contributed by atoms with Crippen LogP contribution in [0.1, 0.15) is 19.3 Å². The van der Waals surface area contributed by atoms with Gasteiger partial charge in [0.05, 0.1) is 6.61 Å². The van der Waals surface area contributed by atoms with Crippen LogP contribution in [0, 0.1) is 5.41 Å². The SMILES string of the molecule is C=CCOC(=O)N1CC2(CCCOC2)CC1=O. The Bertz CT molecular complexity index is 333. The number of amides is 2. The summed E-state index contributed by atoms with van der Waals surface area (Å²) in [7, 11) is 0. The van der Waals surface area contributed by atoms with E-state index < -0.39 is 6.09 Å². The molecule has 2 rings (SSSR count). The number of carbonyl (C=O) groups excluding carboxylic acids is 2. The van der Waals surface area contributed by atoms with Crippen LogP contribution >= 0.6 is 0 Å². The van der Waals surface area contributed by atoms with Gasteiger partial charge in [-0.25, -0.2) is 9.69 Å². The lowest BCUT2D eigenvalue weighted by atomic mass is 9.82. The van der Waals surface area contributed by atoms with Crippen molar-refractivity contribution in [3.8, 4) is 0 Å². The summed E-state index contributed by atoms with van der Waals surface area (Å²) in [6, 6.07) is 0. The third-order valence-corrected chi connectivity index (χ3v) is 3.27. The molecule has 1 spiro atoms. The van der Waals surface area contributed by atoms with Crippen molar-refractivity contribution in [3.63, 3.8) is 0 Å². The highest BCUT2D eigenvalue weighted by atomic mass is 16.6. The molecule has 1 unspecified atom stereocenters. The molecule has 0 aromatic rings. The smallest absolute Gasteiger partial charge is 0.416 e. The summed E-state index contributed by atoms with van der Waals surface area (Å²) in [6.07, 6.45) is 3.18. The molecule has 2 aliphatic rings. The van der Waals surface area contributed by atoms with Crippen molar-refractivity contribution < 1.29 is 19.1 Å². The Labute approximate surface area is 100 Å². The van der Waals surface area contributed by atoms with Crippen LogP contribution in [0.3, 0.4) is 0 Å². The maximum Gasteiger partial charge on any atom is 0.416 e. The van der Waals surface area contributed by atoms with Gasteiger partial charge in [-0.05, 0) is 12.8 Å². The fourth-order valence-corrected chi connectivity index (χ4v) is 2.44. The molecule has 0 aliphatic carbocycles. The molecule has 2 amide bonds. The van der Waals surface area contributed by atoms with Gasteiger partial charge in [-0.2, -0.15) is 0 Å². The molecule has 5 heteroatoms. The van der Waals surface area contributed by atoms with Crippen LogP contribution in [0.4, 0.5) is 4.79 Å². The van der Waals surface area contributed by atoms with Gasteiger partial charge >= 0.3 is 6.09 Å². The molecule has 17 heavy (non-hydrogen) atoms. The zero-order valence-corrected chi connectivity index (χ0v) is 9.81. The fraction of sp³-hybridized carbons (Fsp3) is 0.667. The first-order chi connectivity index (χ1) is 8.17. The number of nitrogens with zero attached hydrogens (tertiary/aromatic N) is 1. The Kier molecular flexibility index (Phi) is 3.47. The van der Waals surface area contributed by atoms with Crippen LogP contribution in [0.2, 0.25) is 0 Å². The summed E-state index contributed by atoms with van der Waals surface area (Å²) in [5.41, 5.74) is -0.178. The molecule has 2 heterocycles. The zero-order valence-electron chi connectivity index (χ0n) is 9.81. The minimum atomic E-state index is -0.572. The number of imide groups is 1. The van der Waals surface area contributed by atoms with Crippen LogP contribution < -0.4 is 0 Å². The van der Waals surface area contributed by atoms with E-state index >= 15 is 0 Å². The minimum Gasteiger partial charge on any atom is -0.445 e. The van der Waals surface area contributed by atoms with E-state index in [2.05, 4.69) is 6.58 Å². The molecule has 94 valence electrons. The first kappa shape index (κ1) is 12.1. The second kappa shape index (κ2) is 4.87. The summed E-state index contributed by atoms with van der Waals surface area (Å²) in [5, 5.41) is 0. The second-order valence-electron chi connectivity index (χ2n) is 4.68. The topological polar surface area (TPSA) is 55.8 Å². The van der Waals surface area contributed by atoms with Crippen LogP contribution in [0.25, 0.3) is 0 Å². The normalized spacial score (nSPS) is 28.5. The number of hydrogen-bond donors (Lipinski definition) is 0. The van der Waals surface area contributed by atoms with Crippen LogP contribution in [0.15, 0.2) is 12.7 Å². The van der Waals surface area contributed by atoms with Gasteiger partial charge in [0, 0.05) is 25.0 Å². The van der Waals surface area contributed by atoms with Crippen molar-refractivity contribution >= 4 is 12.0 Å².